The summed E-state index contributed by atoms with van der Waals surface area (Å²) in [7, 11) is -3.25. The fraction of sp³-hybridized carbons (Fsp3) is 0.214. The maximum absolute atomic E-state index is 13.2. The zero-order valence-corrected chi connectivity index (χ0v) is 22.1. The van der Waals surface area contributed by atoms with E-state index in [9.17, 15) is 13.2 Å². The molecule has 0 radical (unpaired) electrons. The van der Waals surface area contributed by atoms with Crippen molar-refractivity contribution in [3.63, 3.8) is 0 Å². The summed E-state index contributed by atoms with van der Waals surface area (Å²) in [6.45, 7) is 2.79. The average Bonchev–Trinajstić information content (AvgIpc) is 3.38. The topological polar surface area (TPSA) is 82.6 Å². The van der Waals surface area contributed by atoms with E-state index in [1.54, 1.807) is 29.6 Å². The number of benzene rings is 3. The van der Waals surface area contributed by atoms with Gasteiger partial charge >= 0.3 is 0 Å². The minimum atomic E-state index is -3.25. The number of piperazine rings is 1. The van der Waals surface area contributed by atoms with Gasteiger partial charge in [-0.25, -0.2) is 13.4 Å². The van der Waals surface area contributed by atoms with Crippen molar-refractivity contribution in [2.24, 2.45) is 0 Å². The van der Waals surface area contributed by atoms with Gasteiger partial charge in [0.1, 0.15) is 5.69 Å². The lowest BCUT2D eigenvalue weighted by molar-refractivity contribution is 0.0592. The zero-order valence-electron chi connectivity index (χ0n) is 20.4. The molecule has 5 rings (SSSR count). The minimum absolute atomic E-state index is 0.0765. The fourth-order valence-electron chi connectivity index (χ4n) is 4.57. The smallest absolute Gasteiger partial charge is 0.273 e. The first-order valence-electron chi connectivity index (χ1n) is 12.0. The highest BCUT2D eigenvalue weighted by Crippen LogP contribution is 2.30. The Balaban J connectivity index is 1.23. The molecule has 1 saturated heterocycles. The standard InChI is InChI=1S/C28H28N4O3S2/c1-37(34,35)24-14-12-23(13-15-24)29-28-30-25(20-36-28)27(33)32-18-16-31(17-19-32)26(21-8-4-2-5-9-21)22-10-6-3-7-11-22/h2-15,20,26H,16-19H2,1H3,(H,29,30). The Hall–Kier alpha value is -3.53. The van der Waals surface area contributed by atoms with Crippen LogP contribution in [0.3, 0.4) is 0 Å². The zero-order chi connectivity index (χ0) is 25.8. The molecule has 2 heterocycles. The number of nitrogens with one attached hydrogen (secondary N) is 1. The summed E-state index contributed by atoms with van der Waals surface area (Å²) in [6, 6.07) is 27.6. The van der Waals surface area contributed by atoms with Crippen molar-refractivity contribution in [3.8, 4) is 0 Å². The SMILES string of the molecule is CS(=O)(=O)c1ccc(Nc2nc(C(=O)N3CCN(C(c4ccccc4)c4ccccc4)CC3)cs2)cc1. The molecular weight excluding hydrogens is 504 g/mol. The Morgan fingerprint density at radius 2 is 1.43 bits per heavy atom. The lowest BCUT2D eigenvalue weighted by atomic mass is 9.96. The summed E-state index contributed by atoms with van der Waals surface area (Å²) >= 11 is 1.35. The summed E-state index contributed by atoms with van der Waals surface area (Å²) < 4.78 is 23.3. The van der Waals surface area contributed by atoms with Crippen LogP contribution in [-0.4, -0.2) is 61.5 Å². The Kier molecular flexibility index (Phi) is 7.36. The van der Waals surface area contributed by atoms with E-state index >= 15 is 0 Å². The van der Waals surface area contributed by atoms with Crippen LogP contribution in [0, 0.1) is 0 Å². The van der Waals surface area contributed by atoms with Crippen LogP contribution in [0.15, 0.2) is 95.2 Å². The molecule has 37 heavy (non-hydrogen) atoms. The van der Waals surface area contributed by atoms with Crippen molar-refractivity contribution in [1.82, 2.24) is 14.8 Å². The number of hydrogen-bond acceptors (Lipinski definition) is 7. The van der Waals surface area contributed by atoms with Gasteiger partial charge in [-0.1, -0.05) is 60.7 Å². The van der Waals surface area contributed by atoms with E-state index in [-0.39, 0.29) is 16.8 Å². The summed E-state index contributed by atoms with van der Waals surface area (Å²) in [4.78, 5) is 22.2. The van der Waals surface area contributed by atoms with E-state index in [4.69, 9.17) is 0 Å². The van der Waals surface area contributed by atoms with Gasteiger partial charge in [-0.15, -0.1) is 11.3 Å². The molecule has 0 saturated carbocycles. The number of anilines is 2. The average molecular weight is 533 g/mol. The first-order valence-corrected chi connectivity index (χ1v) is 14.8. The van der Waals surface area contributed by atoms with E-state index in [0.29, 0.717) is 29.6 Å². The van der Waals surface area contributed by atoms with Crippen LogP contribution in [0.1, 0.15) is 27.7 Å². The number of carbonyl (C=O) groups excluding carboxylic acids is 1. The lowest BCUT2D eigenvalue weighted by Gasteiger charge is -2.39. The number of sulfone groups is 1. The highest BCUT2D eigenvalue weighted by atomic mass is 32.2. The number of amides is 1. The number of hydrogen-bond donors (Lipinski definition) is 1. The number of carbonyl (C=O) groups is 1. The normalized spacial score (nSPS) is 14.6. The van der Waals surface area contributed by atoms with Gasteiger partial charge in [-0.3, -0.25) is 9.69 Å². The second kappa shape index (κ2) is 10.8. The molecule has 0 unspecified atom stereocenters. The Morgan fingerprint density at radius 1 is 0.865 bits per heavy atom. The molecule has 4 aromatic rings. The van der Waals surface area contributed by atoms with Gasteiger partial charge in [-0.05, 0) is 35.4 Å². The first-order chi connectivity index (χ1) is 17.9. The summed E-state index contributed by atoms with van der Waals surface area (Å²) in [5, 5.41) is 5.50. The van der Waals surface area contributed by atoms with Gasteiger partial charge in [0.15, 0.2) is 15.0 Å². The van der Waals surface area contributed by atoms with E-state index in [1.165, 1.54) is 28.7 Å². The predicted octanol–water partition coefficient (Wildman–Crippen LogP) is 4.84. The highest BCUT2D eigenvalue weighted by molar-refractivity contribution is 7.90. The van der Waals surface area contributed by atoms with Gasteiger partial charge in [0.05, 0.1) is 10.9 Å². The van der Waals surface area contributed by atoms with Gasteiger partial charge in [0, 0.05) is 43.5 Å². The molecule has 1 aromatic heterocycles. The minimum Gasteiger partial charge on any atom is -0.335 e. The largest absolute Gasteiger partial charge is 0.335 e. The van der Waals surface area contributed by atoms with Gasteiger partial charge in [0.25, 0.3) is 5.91 Å². The summed E-state index contributed by atoms with van der Waals surface area (Å²) in [5.41, 5.74) is 3.61. The van der Waals surface area contributed by atoms with E-state index in [1.807, 2.05) is 17.0 Å². The molecule has 1 amide bonds. The van der Waals surface area contributed by atoms with E-state index in [0.717, 1.165) is 13.1 Å². The van der Waals surface area contributed by atoms with Gasteiger partial charge in [0.2, 0.25) is 0 Å². The van der Waals surface area contributed by atoms with Crippen LogP contribution in [0.2, 0.25) is 0 Å². The van der Waals surface area contributed by atoms with Crippen LogP contribution in [-0.2, 0) is 9.84 Å². The lowest BCUT2D eigenvalue weighted by Crippen LogP contribution is -2.50. The second-order valence-corrected chi connectivity index (χ2v) is 11.9. The molecule has 1 N–H and O–H groups in total. The Labute approximate surface area is 221 Å². The Morgan fingerprint density at radius 3 is 1.97 bits per heavy atom. The molecular formula is C28H28N4O3S2. The van der Waals surface area contributed by atoms with E-state index < -0.39 is 9.84 Å². The van der Waals surface area contributed by atoms with Crippen molar-refractivity contribution in [1.29, 1.82) is 0 Å². The molecule has 0 bridgehead atoms. The Bertz CT molecular complexity index is 1410. The molecule has 1 aliphatic rings. The van der Waals surface area contributed by atoms with Crippen LogP contribution in [0.5, 0.6) is 0 Å². The second-order valence-electron chi connectivity index (χ2n) is 9.01. The monoisotopic (exact) mass is 532 g/mol. The number of aromatic nitrogens is 1. The molecule has 3 aromatic carbocycles. The predicted molar refractivity (Wildman–Crippen MR) is 147 cm³/mol. The van der Waals surface area contributed by atoms with Crippen LogP contribution >= 0.6 is 11.3 Å². The molecule has 1 aliphatic heterocycles. The maximum Gasteiger partial charge on any atom is 0.273 e. The number of nitrogens with zero attached hydrogens (tertiary/aromatic N) is 3. The first kappa shape index (κ1) is 25.1. The third kappa shape index (κ3) is 5.90. The molecule has 0 aliphatic carbocycles. The van der Waals surface area contributed by atoms with Crippen LogP contribution in [0.25, 0.3) is 0 Å². The number of rotatable bonds is 7. The summed E-state index contributed by atoms with van der Waals surface area (Å²) in [5.74, 6) is -0.0765. The third-order valence-electron chi connectivity index (χ3n) is 6.45. The molecule has 190 valence electrons. The van der Waals surface area contributed by atoms with Gasteiger partial charge in [-0.2, -0.15) is 0 Å². The van der Waals surface area contributed by atoms with Crippen molar-refractivity contribution in [2.45, 2.75) is 10.9 Å². The third-order valence-corrected chi connectivity index (χ3v) is 8.34. The van der Waals surface area contributed by atoms with E-state index in [2.05, 4.69) is 63.7 Å². The van der Waals surface area contributed by atoms with Crippen LogP contribution in [0.4, 0.5) is 10.8 Å². The molecule has 0 spiro atoms. The maximum atomic E-state index is 13.2. The molecule has 0 atom stereocenters. The number of thiazole rings is 1. The van der Waals surface area contributed by atoms with Crippen molar-refractivity contribution >= 4 is 37.9 Å². The van der Waals surface area contributed by atoms with Crippen LogP contribution < -0.4 is 5.32 Å². The summed E-state index contributed by atoms with van der Waals surface area (Å²) in [6.07, 6.45) is 1.18. The van der Waals surface area contributed by atoms with Crippen molar-refractivity contribution in [2.75, 3.05) is 37.8 Å². The molecule has 1 fully saturated rings. The highest BCUT2D eigenvalue weighted by Gasteiger charge is 2.29. The van der Waals surface area contributed by atoms with Crippen molar-refractivity contribution in [3.05, 3.63) is 107 Å². The fourth-order valence-corrected chi connectivity index (χ4v) is 5.90. The molecule has 9 heteroatoms. The molecule has 7 nitrogen and oxygen atoms in total. The van der Waals surface area contributed by atoms with Gasteiger partial charge < -0.3 is 10.2 Å². The quantitative estimate of drug-likeness (QED) is 0.367. The van der Waals surface area contributed by atoms with Crippen molar-refractivity contribution < 1.29 is 13.2 Å².